The molecule has 0 bridgehead atoms. The number of benzene rings is 1. The minimum atomic E-state index is -1.17. The maximum atomic E-state index is 11.4. The van der Waals surface area contributed by atoms with E-state index in [0.717, 1.165) is 6.20 Å². The third-order valence-electron chi connectivity index (χ3n) is 2.93. The van der Waals surface area contributed by atoms with Crippen molar-refractivity contribution >= 4 is 22.7 Å². The standard InChI is InChI=1S/C13H8N4O4/c18-13(19)9-5-8-3-1-2-4-10(8)15-12(9)16-6-11(14-7-16)17(20)21/h1-7H,(H,18,19). The highest BCUT2D eigenvalue weighted by Gasteiger charge is 2.18. The van der Waals surface area contributed by atoms with Crippen LogP contribution in [0.5, 0.6) is 0 Å². The van der Waals surface area contributed by atoms with Gasteiger partial charge in [-0.3, -0.25) is 4.57 Å². The van der Waals surface area contributed by atoms with Gasteiger partial charge in [-0.2, -0.15) is 0 Å². The number of nitrogens with zero attached hydrogens (tertiary/aromatic N) is 4. The summed E-state index contributed by atoms with van der Waals surface area (Å²) in [5.74, 6) is -1.46. The summed E-state index contributed by atoms with van der Waals surface area (Å²) in [4.78, 5) is 29.2. The number of pyridine rings is 1. The Balaban J connectivity index is 2.25. The molecule has 1 aromatic carbocycles. The Morgan fingerprint density at radius 2 is 2.10 bits per heavy atom. The Hall–Kier alpha value is -3.29. The van der Waals surface area contributed by atoms with Crippen LogP contribution in [0.2, 0.25) is 0 Å². The van der Waals surface area contributed by atoms with Gasteiger partial charge in [0.1, 0.15) is 11.8 Å². The molecular weight excluding hydrogens is 276 g/mol. The van der Waals surface area contributed by atoms with Crippen molar-refractivity contribution in [1.29, 1.82) is 0 Å². The van der Waals surface area contributed by atoms with Crippen LogP contribution in [0, 0.1) is 10.1 Å². The predicted octanol–water partition coefficient (Wildman–Crippen LogP) is 2.03. The van der Waals surface area contributed by atoms with Gasteiger partial charge in [-0.05, 0) is 22.0 Å². The van der Waals surface area contributed by atoms with Crippen molar-refractivity contribution in [2.24, 2.45) is 0 Å². The van der Waals surface area contributed by atoms with Crippen LogP contribution in [0.15, 0.2) is 42.9 Å². The molecule has 0 saturated heterocycles. The zero-order chi connectivity index (χ0) is 15.0. The topological polar surface area (TPSA) is 111 Å². The summed E-state index contributed by atoms with van der Waals surface area (Å²) in [5.41, 5.74) is 0.537. The van der Waals surface area contributed by atoms with Gasteiger partial charge in [0.25, 0.3) is 0 Å². The van der Waals surface area contributed by atoms with Crippen molar-refractivity contribution in [2.45, 2.75) is 0 Å². The van der Waals surface area contributed by atoms with E-state index in [1.54, 1.807) is 24.3 Å². The Morgan fingerprint density at radius 3 is 2.76 bits per heavy atom. The van der Waals surface area contributed by atoms with E-state index in [-0.39, 0.29) is 17.2 Å². The first kappa shape index (κ1) is 12.7. The van der Waals surface area contributed by atoms with E-state index in [2.05, 4.69) is 9.97 Å². The maximum Gasteiger partial charge on any atom is 0.381 e. The average Bonchev–Trinajstić information content (AvgIpc) is 2.95. The van der Waals surface area contributed by atoms with E-state index < -0.39 is 10.9 Å². The Bertz CT molecular complexity index is 871. The number of carboxylic acid groups (broad SMARTS) is 1. The molecule has 21 heavy (non-hydrogen) atoms. The minimum absolute atomic E-state index is 0.0546. The zero-order valence-corrected chi connectivity index (χ0v) is 10.5. The molecule has 2 aromatic heterocycles. The molecule has 1 N–H and O–H groups in total. The smallest absolute Gasteiger partial charge is 0.381 e. The lowest BCUT2D eigenvalue weighted by Crippen LogP contribution is -2.07. The van der Waals surface area contributed by atoms with Crippen molar-refractivity contribution in [3.8, 4) is 5.82 Å². The minimum Gasteiger partial charge on any atom is -0.478 e. The highest BCUT2D eigenvalue weighted by molar-refractivity contribution is 5.96. The first-order chi connectivity index (χ1) is 10.1. The van der Waals surface area contributed by atoms with Crippen molar-refractivity contribution in [3.05, 3.63) is 58.5 Å². The maximum absolute atomic E-state index is 11.4. The van der Waals surface area contributed by atoms with Gasteiger partial charge in [0.15, 0.2) is 5.82 Å². The number of aromatic nitrogens is 3. The molecule has 0 amide bonds. The van der Waals surface area contributed by atoms with Crippen LogP contribution < -0.4 is 0 Å². The molecule has 0 fully saturated rings. The summed E-state index contributed by atoms with van der Waals surface area (Å²) in [7, 11) is 0. The predicted molar refractivity (Wildman–Crippen MR) is 72.5 cm³/mol. The monoisotopic (exact) mass is 284 g/mol. The second kappa shape index (κ2) is 4.67. The Kier molecular flexibility index (Phi) is 2.83. The summed E-state index contributed by atoms with van der Waals surface area (Å²) in [6.07, 6.45) is 2.30. The average molecular weight is 284 g/mol. The fourth-order valence-electron chi connectivity index (χ4n) is 1.98. The fourth-order valence-corrected chi connectivity index (χ4v) is 1.98. The number of para-hydroxylation sites is 1. The SMILES string of the molecule is O=C(O)c1cc2ccccc2nc1-n1cnc([N+](=O)[O-])c1. The van der Waals surface area contributed by atoms with E-state index in [4.69, 9.17) is 0 Å². The number of rotatable bonds is 3. The van der Waals surface area contributed by atoms with Crippen LogP contribution in [0.3, 0.4) is 0 Å². The molecule has 0 saturated carbocycles. The quantitative estimate of drug-likeness (QED) is 0.581. The molecular formula is C13H8N4O4. The molecule has 0 radical (unpaired) electrons. The third kappa shape index (κ3) is 2.18. The molecule has 0 aliphatic carbocycles. The number of carbonyl (C=O) groups is 1. The second-order valence-corrected chi connectivity index (χ2v) is 4.25. The van der Waals surface area contributed by atoms with Crippen molar-refractivity contribution < 1.29 is 14.8 Å². The van der Waals surface area contributed by atoms with Gasteiger partial charge >= 0.3 is 11.8 Å². The number of hydrogen-bond acceptors (Lipinski definition) is 5. The van der Waals surface area contributed by atoms with Gasteiger partial charge < -0.3 is 15.2 Å². The second-order valence-electron chi connectivity index (χ2n) is 4.25. The molecule has 0 atom stereocenters. The number of hydrogen-bond donors (Lipinski definition) is 1. The molecule has 2 heterocycles. The van der Waals surface area contributed by atoms with E-state index >= 15 is 0 Å². The van der Waals surface area contributed by atoms with E-state index in [1.807, 2.05) is 0 Å². The first-order valence-corrected chi connectivity index (χ1v) is 5.88. The Morgan fingerprint density at radius 1 is 1.33 bits per heavy atom. The normalized spacial score (nSPS) is 10.7. The largest absolute Gasteiger partial charge is 0.478 e. The third-order valence-corrected chi connectivity index (χ3v) is 2.93. The van der Waals surface area contributed by atoms with Gasteiger partial charge in [-0.25, -0.2) is 9.78 Å². The number of aromatic carboxylic acids is 1. The number of fused-ring (bicyclic) bond motifs is 1. The number of carboxylic acids is 1. The van der Waals surface area contributed by atoms with E-state index in [9.17, 15) is 20.0 Å². The van der Waals surface area contributed by atoms with Gasteiger partial charge in [-0.15, -0.1) is 0 Å². The Labute approximate surface area is 117 Å². The molecule has 0 aliphatic heterocycles. The fraction of sp³-hybridized carbons (Fsp3) is 0. The highest BCUT2D eigenvalue weighted by Crippen LogP contribution is 2.21. The number of nitro groups is 1. The van der Waals surface area contributed by atoms with Gasteiger partial charge in [-0.1, -0.05) is 18.2 Å². The zero-order valence-electron chi connectivity index (χ0n) is 10.5. The molecule has 8 heteroatoms. The van der Waals surface area contributed by atoms with E-state index in [1.165, 1.54) is 17.0 Å². The van der Waals surface area contributed by atoms with Crippen LogP contribution >= 0.6 is 0 Å². The molecule has 104 valence electrons. The molecule has 3 rings (SSSR count). The van der Waals surface area contributed by atoms with Gasteiger partial charge in [0.05, 0.1) is 5.52 Å². The summed E-state index contributed by atoms with van der Waals surface area (Å²) in [5, 5.41) is 20.6. The molecule has 3 aromatic rings. The van der Waals surface area contributed by atoms with Crippen LogP contribution in [-0.4, -0.2) is 30.5 Å². The lowest BCUT2D eigenvalue weighted by Gasteiger charge is -2.06. The lowest BCUT2D eigenvalue weighted by molar-refractivity contribution is -0.389. The van der Waals surface area contributed by atoms with Crippen molar-refractivity contribution in [2.75, 3.05) is 0 Å². The van der Waals surface area contributed by atoms with Crippen LogP contribution in [0.1, 0.15) is 10.4 Å². The van der Waals surface area contributed by atoms with Crippen LogP contribution in [-0.2, 0) is 0 Å². The highest BCUT2D eigenvalue weighted by atomic mass is 16.6. The first-order valence-electron chi connectivity index (χ1n) is 5.88. The van der Waals surface area contributed by atoms with Crippen molar-refractivity contribution in [3.63, 3.8) is 0 Å². The summed E-state index contributed by atoms with van der Waals surface area (Å²) in [6.45, 7) is 0. The molecule has 0 spiro atoms. The van der Waals surface area contributed by atoms with Crippen molar-refractivity contribution in [1.82, 2.24) is 14.5 Å². The van der Waals surface area contributed by atoms with E-state index in [0.29, 0.717) is 10.9 Å². The van der Waals surface area contributed by atoms with Crippen LogP contribution in [0.25, 0.3) is 16.7 Å². The number of imidazole rings is 1. The summed E-state index contributed by atoms with van der Waals surface area (Å²) < 4.78 is 1.23. The summed E-state index contributed by atoms with van der Waals surface area (Å²) >= 11 is 0. The molecule has 8 nitrogen and oxygen atoms in total. The molecule has 0 unspecified atom stereocenters. The van der Waals surface area contributed by atoms with Gasteiger partial charge in [0.2, 0.25) is 6.33 Å². The lowest BCUT2D eigenvalue weighted by atomic mass is 10.1. The molecule has 0 aliphatic rings. The van der Waals surface area contributed by atoms with Gasteiger partial charge in [0, 0.05) is 5.39 Å². The van der Waals surface area contributed by atoms with Crippen LogP contribution in [0.4, 0.5) is 5.82 Å². The summed E-state index contributed by atoms with van der Waals surface area (Å²) in [6, 6.07) is 8.50.